The molecule has 0 saturated heterocycles. The highest BCUT2D eigenvalue weighted by Crippen LogP contribution is 2.45. The fourth-order valence-electron chi connectivity index (χ4n) is 3.65. The number of nitrogens with zero attached hydrogens (tertiary/aromatic N) is 2. The maximum absolute atomic E-state index is 15.0. The van der Waals surface area contributed by atoms with Gasteiger partial charge in [-0.2, -0.15) is 0 Å². The van der Waals surface area contributed by atoms with Gasteiger partial charge in [-0.25, -0.2) is 18.2 Å². The Labute approximate surface area is 179 Å². The third-order valence-electron chi connectivity index (χ3n) is 5.16. The Hall–Kier alpha value is -3.08. The Morgan fingerprint density at radius 3 is 2.58 bits per heavy atom. The van der Waals surface area contributed by atoms with Crippen LogP contribution in [0.4, 0.5) is 18.9 Å². The van der Waals surface area contributed by atoms with Crippen molar-refractivity contribution in [2.75, 3.05) is 12.4 Å². The fraction of sp³-hybridized carbons (Fsp3) is 0.368. The normalized spacial score (nSPS) is 20.2. The Bertz CT molecular complexity index is 1040. The number of imidazole rings is 1. The zero-order chi connectivity index (χ0) is 22.9. The number of amides is 3. The molecule has 1 aliphatic carbocycles. The zero-order valence-corrected chi connectivity index (χ0v) is 17.0. The van der Waals surface area contributed by atoms with E-state index < -0.39 is 53.5 Å². The molecule has 2 aromatic rings. The van der Waals surface area contributed by atoms with Gasteiger partial charge in [-0.05, 0) is 31.0 Å². The predicted molar refractivity (Wildman–Crippen MR) is 105 cm³/mol. The first-order valence-corrected chi connectivity index (χ1v) is 9.65. The Morgan fingerprint density at radius 1 is 1.29 bits per heavy atom. The van der Waals surface area contributed by atoms with Crippen LogP contribution in [-0.4, -0.2) is 40.2 Å². The van der Waals surface area contributed by atoms with E-state index in [1.165, 1.54) is 13.1 Å². The molecule has 1 fully saturated rings. The first-order chi connectivity index (χ1) is 14.5. The number of nitrogens with one attached hydrogen (secondary N) is 2. The molecule has 1 aliphatic rings. The molecule has 4 N–H and O–H groups in total. The van der Waals surface area contributed by atoms with Crippen LogP contribution in [0.1, 0.15) is 46.3 Å². The lowest BCUT2D eigenvalue weighted by atomic mass is 9.82. The first kappa shape index (κ1) is 22.6. The van der Waals surface area contributed by atoms with Crippen molar-refractivity contribution in [2.24, 2.45) is 11.7 Å². The first-order valence-electron chi connectivity index (χ1n) is 9.27. The fourth-order valence-corrected chi connectivity index (χ4v) is 3.86. The smallest absolute Gasteiger partial charge is 0.270 e. The van der Waals surface area contributed by atoms with Crippen LogP contribution < -0.4 is 16.4 Å². The second-order valence-corrected chi connectivity index (χ2v) is 7.57. The van der Waals surface area contributed by atoms with Crippen molar-refractivity contribution in [2.45, 2.75) is 31.2 Å². The highest BCUT2D eigenvalue weighted by atomic mass is 35.5. The lowest BCUT2D eigenvalue weighted by Gasteiger charge is -2.36. The number of primary amides is 1. The molecular formula is C19H19ClF3N5O3. The number of rotatable bonds is 5. The van der Waals surface area contributed by atoms with Crippen molar-refractivity contribution < 1.29 is 27.6 Å². The van der Waals surface area contributed by atoms with E-state index >= 15 is 8.78 Å². The van der Waals surface area contributed by atoms with Crippen molar-refractivity contribution in [1.29, 1.82) is 0 Å². The van der Waals surface area contributed by atoms with Crippen LogP contribution in [0.5, 0.6) is 0 Å². The summed E-state index contributed by atoms with van der Waals surface area (Å²) < 4.78 is 44.2. The van der Waals surface area contributed by atoms with Gasteiger partial charge < -0.3 is 20.9 Å². The van der Waals surface area contributed by atoms with Crippen LogP contribution in [0, 0.1) is 11.7 Å². The van der Waals surface area contributed by atoms with Crippen molar-refractivity contribution >= 4 is 35.0 Å². The van der Waals surface area contributed by atoms with Crippen LogP contribution in [0.2, 0.25) is 5.02 Å². The molecule has 0 unspecified atom stereocenters. The van der Waals surface area contributed by atoms with Crippen molar-refractivity contribution in [1.82, 2.24) is 14.9 Å². The minimum Gasteiger partial charge on any atom is -0.364 e. The van der Waals surface area contributed by atoms with Gasteiger partial charge in [0.05, 0.1) is 23.1 Å². The predicted octanol–water partition coefficient (Wildman–Crippen LogP) is 2.75. The van der Waals surface area contributed by atoms with Gasteiger partial charge in [0.25, 0.3) is 17.7 Å². The molecule has 1 aromatic heterocycles. The number of carbonyl (C=O) groups is 3. The van der Waals surface area contributed by atoms with Crippen LogP contribution in [0.15, 0.2) is 24.5 Å². The number of anilines is 1. The molecule has 0 aliphatic heterocycles. The van der Waals surface area contributed by atoms with Gasteiger partial charge in [0.1, 0.15) is 11.5 Å². The van der Waals surface area contributed by atoms with Crippen molar-refractivity contribution in [3.05, 3.63) is 46.8 Å². The van der Waals surface area contributed by atoms with Gasteiger partial charge in [0, 0.05) is 19.4 Å². The molecule has 31 heavy (non-hydrogen) atoms. The molecule has 0 spiro atoms. The van der Waals surface area contributed by atoms with E-state index in [0.29, 0.717) is 0 Å². The standard InChI is InChI=1S/C19H19ClF3N5O3/c1-25-18(31)15-14(16(24)29)26-8-28(15)13-5-2-9(7-19(13,22)23)17(30)27-12-4-3-10(21)6-11(12)20/h3-4,6,8-9,13H,2,5,7H2,1H3,(H2,24,29)(H,25,31)(H,27,30)/t9-,13-/m0/s1. The third-order valence-corrected chi connectivity index (χ3v) is 5.47. The summed E-state index contributed by atoms with van der Waals surface area (Å²) in [4.78, 5) is 40.0. The number of halogens is 4. The summed E-state index contributed by atoms with van der Waals surface area (Å²) >= 11 is 5.87. The van der Waals surface area contributed by atoms with Crippen LogP contribution in [0.25, 0.3) is 0 Å². The SMILES string of the molecule is CNC(=O)c1c(C(N)=O)ncn1[C@H]1CC[C@H](C(=O)Nc2ccc(F)cc2Cl)CC1(F)F. The van der Waals surface area contributed by atoms with Gasteiger partial charge in [0.2, 0.25) is 5.91 Å². The molecule has 0 bridgehead atoms. The van der Waals surface area contributed by atoms with Gasteiger partial charge in [-0.1, -0.05) is 11.6 Å². The third kappa shape index (κ3) is 4.50. The molecule has 0 radical (unpaired) electrons. The number of hydrogen-bond acceptors (Lipinski definition) is 4. The average molecular weight is 458 g/mol. The van der Waals surface area contributed by atoms with E-state index in [4.69, 9.17) is 17.3 Å². The lowest BCUT2D eigenvalue weighted by Crippen LogP contribution is -2.42. The van der Waals surface area contributed by atoms with Crippen LogP contribution >= 0.6 is 11.6 Å². The largest absolute Gasteiger partial charge is 0.364 e. The maximum Gasteiger partial charge on any atom is 0.270 e. The number of nitrogens with two attached hydrogens (primary N) is 1. The van der Waals surface area contributed by atoms with Crippen LogP contribution in [-0.2, 0) is 4.79 Å². The molecule has 8 nitrogen and oxygen atoms in total. The zero-order valence-electron chi connectivity index (χ0n) is 16.3. The monoisotopic (exact) mass is 457 g/mol. The second kappa shape index (κ2) is 8.58. The summed E-state index contributed by atoms with van der Waals surface area (Å²) in [6.45, 7) is 0. The number of benzene rings is 1. The second-order valence-electron chi connectivity index (χ2n) is 7.16. The quantitative estimate of drug-likeness (QED) is 0.639. The molecule has 1 aromatic carbocycles. The molecule has 2 atom stereocenters. The van der Waals surface area contributed by atoms with E-state index in [-0.39, 0.29) is 29.2 Å². The van der Waals surface area contributed by atoms with E-state index in [2.05, 4.69) is 15.6 Å². The number of carbonyl (C=O) groups excluding carboxylic acids is 3. The van der Waals surface area contributed by atoms with E-state index in [1.54, 1.807) is 0 Å². The molecule has 1 heterocycles. The molecule has 3 amide bonds. The van der Waals surface area contributed by atoms with Gasteiger partial charge >= 0.3 is 0 Å². The van der Waals surface area contributed by atoms with Gasteiger partial charge in [-0.3, -0.25) is 14.4 Å². The lowest BCUT2D eigenvalue weighted by molar-refractivity contribution is -0.133. The van der Waals surface area contributed by atoms with Crippen LogP contribution in [0.3, 0.4) is 0 Å². The maximum atomic E-state index is 15.0. The minimum atomic E-state index is -3.40. The molecule has 166 valence electrons. The Kier molecular flexibility index (Phi) is 6.25. The van der Waals surface area contributed by atoms with E-state index in [9.17, 15) is 18.8 Å². The van der Waals surface area contributed by atoms with Crippen molar-refractivity contribution in [3.8, 4) is 0 Å². The van der Waals surface area contributed by atoms with E-state index in [0.717, 1.165) is 23.0 Å². The van der Waals surface area contributed by atoms with E-state index in [1.807, 2.05) is 0 Å². The summed E-state index contributed by atoms with van der Waals surface area (Å²) in [7, 11) is 1.28. The van der Waals surface area contributed by atoms with Gasteiger partial charge in [-0.15, -0.1) is 0 Å². The Balaban J connectivity index is 1.81. The summed E-state index contributed by atoms with van der Waals surface area (Å²) in [5.74, 6) is -7.53. The average Bonchev–Trinajstić information content (AvgIpc) is 3.13. The summed E-state index contributed by atoms with van der Waals surface area (Å²) in [6, 6.07) is 1.83. The molecular weight excluding hydrogens is 439 g/mol. The number of alkyl halides is 2. The van der Waals surface area contributed by atoms with Gasteiger partial charge in [0.15, 0.2) is 5.69 Å². The molecule has 1 saturated carbocycles. The summed E-state index contributed by atoms with van der Waals surface area (Å²) in [6.07, 6.45) is 0.0739. The number of aromatic nitrogens is 2. The highest BCUT2D eigenvalue weighted by Gasteiger charge is 2.49. The topological polar surface area (TPSA) is 119 Å². The summed E-state index contributed by atoms with van der Waals surface area (Å²) in [5.41, 5.74) is 4.54. The van der Waals surface area contributed by atoms with Crippen molar-refractivity contribution in [3.63, 3.8) is 0 Å². The highest BCUT2D eigenvalue weighted by molar-refractivity contribution is 6.33. The number of hydrogen-bond donors (Lipinski definition) is 3. The summed E-state index contributed by atoms with van der Waals surface area (Å²) in [5, 5.41) is 4.67. The molecule has 12 heteroatoms. The molecule has 3 rings (SSSR count). The minimum absolute atomic E-state index is 0.0542. The Morgan fingerprint density at radius 2 is 2.00 bits per heavy atom.